The van der Waals surface area contributed by atoms with Crippen molar-refractivity contribution in [2.24, 2.45) is 0 Å². The average Bonchev–Trinajstić information content (AvgIpc) is 3.21. The fourth-order valence-electron chi connectivity index (χ4n) is 3.24. The Morgan fingerprint density at radius 3 is 1.96 bits per heavy atom. The maximum atomic E-state index is 12.9. The Morgan fingerprint density at radius 2 is 1.39 bits per heavy atom. The third kappa shape index (κ3) is 3.82. The monoisotopic (exact) mass is 387 g/mol. The van der Waals surface area contributed by atoms with Crippen LogP contribution in [0.4, 0.5) is 10.5 Å². The molecule has 0 saturated heterocycles. The molecule has 1 heterocycles. The van der Waals surface area contributed by atoms with E-state index in [9.17, 15) is 4.79 Å². The van der Waals surface area contributed by atoms with Gasteiger partial charge in [-0.25, -0.2) is 4.79 Å². The second-order valence-corrected chi connectivity index (χ2v) is 6.80. The Balaban J connectivity index is 1.72. The summed E-state index contributed by atoms with van der Waals surface area (Å²) in [5.74, 6) is -0.110. The SMILES string of the molecule is O=C(Nc1ccc(Cl)cc1)n1nccc1C(c1ccccc1)c1ccccc1. The van der Waals surface area contributed by atoms with E-state index in [1.807, 2.05) is 42.5 Å². The first-order valence-electron chi connectivity index (χ1n) is 8.93. The largest absolute Gasteiger partial charge is 0.346 e. The molecule has 1 N–H and O–H groups in total. The predicted molar refractivity (Wildman–Crippen MR) is 112 cm³/mol. The van der Waals surface area contributed by atoms with Crippen LogP contribution in [-0.2, 0) is 0 Å². The summed E-state index contributed by atoms with van der Waals surface area (Å²) in [4.78, 5) is 12.9. The van der Waals surface area contributed by atoms with Gasteiger partial charge in [0.2, 0.25) is 0 Å². The van der Waals surface area contributed by atoms with Crippen molar-refractivity contribution in [2.75, 3.05) is 5.32 Å². The number of nitrogens with one attached hydrogen (secondary N) is 1. The van der Waals surface area contributed by atoms with Crippen LogP contribution in [0.3, 0.4) is 0 Å². The number of carbonyl (C=O) groups is 1. The minimum Gasteiger partial charge on any atom is -0.306 e. The number of hydrogen-bond acceptors (Lipinski definition) is 2. The lowest BCUT2D eigenvalue weighted by Gasteiger charge is -2.19. The van der Waals surface area contributed by atoms with Gasteiger partial charge in [0, 0.05) is 16.9 Å². The third-order valence-electron chi connectivity index (χ3n) is 4.52. The van der Waals surface area contributed by atoms with Crippen LogP contribution in [0.25, 0.3) is 0 Å². The Kier molecular flexibility index (Phi) is 5.22. The fraction of sp³-hybridized carbons (Fsp3) is 0.0435. The minimum atomic E-state index is -0.320. The molecule has 0 bridgehead atoms. The highest BCUT2D eigenvalue weighted by molar-refractivity contribution is 6.30. The number of halogens is 1. The van der Waals surface area contributed by atoms with Crippen LogP contribution in [0, 0.1) is 0 Å². The molecule has 0 atom stereocenters. The molecule has 0 radical (unpaired) electrons. The molecular weight excluding hydrogens is 370 g/mol. The number of carbonyl (C=O) groups excluding carboxylic acids is 1. The number of hydrogen-bond donors (Lipinski definition) is 1. The summed E-state index contributed by atoms with van der Waals surface area (Å²) in [6.45, 7) is 0. The Bertz CT molecular complexity index is 1020. The highest BCUT2D eigenvalue weighted by Gasteiger charge is 2.23. The van der Waals surface area contributed by atoms with Crippen molar-refractivity contribution < 1.29 is 4.79 Å². The van der Waals surface area contributed by atoms with Crippen molar-refractivity contribution in [3.05, 3.63) is 119 Å². The van der Waals surface area contributed by atoms with Crippen LogP contribution in [0.1, 0.15) is 22.7 Å². The highest BCUT2D eigenvalue weighted by atomic mass is 35.5. The summed E-state index contributed by atoms with van der Waals surface area (Å²) >= 11 is 5.92. The second kappa shape index (κ2) is 8.11. The molecule has 1 amide bonds. The van der Waals surface area contributed by atoms with E-state index in [2.05, 4.69) is 34.7 Å². The standard InChI is InChI=1S/C23H18ClN3O/c24-19-11-13-20(14-12-19)26-23(28)27-21(15-16-25-27)22(17-7-3-1-4-8-17)18-9-5-2-6-10-18/h1-16,22H,(H,26,28). The summed E-state index contributed by atoms with van der Waals surface area (Å²) in [5, 5.41) is 7.77. The first-order chi connectivity index (χ1) is 13.7. The molecule has 0 aliphatic carbocycles. The lowest BCUT2D eigenvalue weighted by Crippen LogP contribution is -2.24. The molecule has 0 spiro atoms. The molecule has 4 aromatic rings. The Hall–Kier alpha value is -3.37. The van der Waals surface area contributed by atoms with Crippen LogP contribution in [0.5, 0.6) is 0 Å². The molecule has 0 fully saturated rings. The topological polar surface area (TPSA) is 46.9 Å². The summed E-state index contributed by atoms with van der Waals surface area (Å²) < 4.78 is 1.42. The molecule has 3 aromatic carbocycles. The van der Waals surface area contributed by atoms with Crippen LogP contribution in [-0.4, -0.2) is 15.8 Å². The lowest BCUT2D eigenvalue weighted by molar-refractivity contribution is 0.250. The lowest BCUT2D eigenvalue weighted by atomic mass is 9.88. The van der Waals surface area contributed by atoms with Gasteiger partial charge in [-0.15, -0.1) is 0 Å². The zero-order valence-electron chi connectivity index (χ0n) is 15.0. The van der Waals surface area contributed by atoms with Gasteiger partial charge in [0.15, 0.2) is 0 Å². The van der Waals surface area contributed by atoms with E-state index in [1.165, 1.54) is 4.68 Å². The molecule has 138 valence electrons. The summed E-state index contributed by atoms with van der Waals surface area (Å²) in [6, 6.07) is 28.8. The van der Waals surface area contributed by atoms with Gasteiger partial charge < -0.3 is 5.32 Å². The van der Waals surface area contributed by atoms with Gasteiger partial charge in [-0.1, -0.05) is 72.3 Å². The smallest absolute Gasteiger partial charge is 0.306 e. The maximum Gasteiger partial charge on any atom is 0.346 e. The Labute approximate surface area is 168 Å². The number of rotatable bonds is 4. The number of benzene rings is 3. The Morgan fingerprint density at radius 1 is 0.821 bits per heavy atom. The third-order valence-corrected chi connectivity index (χ3v) is 4.77. The quantitative estimate of drug-likeness (QED) is 0.481. The molecule has 0 saturated carbocycles. The highest BCUT2D eigenvalue weighted by Crippen LogP contribution is 2.31. The fourth-order valence-corrected chi connectivity index (χ4v) is 3.36. The van der Waals surface area contributed by atoms with Crippen molar-refractivity contribution in [3.8, 4) is 0 Å². The number of nitrogens with zero attached hydrogens (tertiary/aromatic N) is 2. The molecule has 4 rings (SSSR count). The first-order valence-corrected chi connectivity index (χ1v) is 9.31. The molecule has 0 unspecified atom stereocenters. The van der Waals surface area contributed by atoms with Gasteiger partial charge in [-0.2, -0.15) is 9.78 Å². The second-order valence-electron chi connectivity index (χ2n) is 6.36. The maximum absolute atomic E-state index is 12.9. The summed E-state index contributed by atoms with van der Waals surface area (Å²) in [7, 11) is 0. The van der Waals surface area contributed by atoms with Crippen molar-refractivity contribution in [1.82, 2.24) is 9.78 Å². The first kappa shape index (κ1) is 18.0. The molecule has 0 aliphatic heterocycles. The van der Waals surface area contributed by atoms with E-state index in [0.717, 1.165) is 16.8 Å². The molecule has 4 nitrogen and oxygen atoms in total. The van der Waals surface area contributed by atoms with Gasteiger partial charge in [0.25, 0.3) is 0 Å². The van der Waals surface area contributed by atoms with Gasteiger partial charge in [-0.3, -0.25) is 0 Å². The predicted octanol–water partition coefficient (Wildman–Crippen LogP) is 5.80. The number of anilines is 1. The summed E-state index contributed by atoms with van der Waals surface area (Å²) in [5.41, 5.74) is 3.64. The molecule has 0 aliphatic rings. The van der Waals surface area contributed by atoms with Crippen molar-refractivity contribution in [1.29, 1.82) is 0 Å². The molecule has 28 heavy (non-hydrogen) atoms. The van der Waals surface area contributed by atoms with Gasteiger partial charge >= 0.3 is 6.03 Å². The van der Waals surface area contributed by atoms with E-state index in [0.29, 0.717) is 10.7 Å². The van der Waals surface area contributed by atoms with Crippen LogP contribution in [0.15, 0.2) is 97.2 Å². The zero-order valence-corrected chi connectivity index (χ0v) is 15.8. The molecular formula is C23H18ClN3O. The van der Waals surface area contributed by atoms with Gasteiger partial charge in [-0.05, 0) is 41.5 Å². The van der Waals surface area contributed by atoms with E-state index in [4.69, 9.17) is 11.6 Å². The van der Waals surface area contributed by atoms with Crippen molar-refractivity contribution >= 4 is 23.3 Å². The van der Waals surface area contributed by atoms with Crippen molar-refractivity contribution in [2.45, 2.75) is 5.92 Å². The summed E-state index contributed by atoms with van der Waals surface area (Å²) in [6.07, 6.45) is 1.65. The van der Waals surface area contributed by atoms with Crippen LogP contribution >= 0.6 is 11.6 Å². The molecule has 1 aromatic heterocycles. The number of aromatic nitrogens is 2. The molecule has 5 heteroatoms. The van der Waals surface area contributed by atoms with Gasteiger partial charge in [0.05, 0.1) is 11.6 Å². The van der Waals surface area contributed by atoms with Crippen molar-refractivity contribution in [3.63, 3.8) is 0 Å². The minimum absolute atomic E-state index is 0.110. The van der Waals surface area contributed by atoms with E-state index in [-0.39, 0.29) is 11.9 Å². The van der Waals surface area contributed by atoms with Crippen LogP contribution < -0.4 is 5.32 Å². The van der Waals surface area contributed by atoms with E-state index in [1.54, 1.807) is 30.5 Å². The average molecular weight is 388 g/mol. The van der Waals surface area contributed by atoms with E-state index >= 15 is 0 Å². The van der Waals surface area contributed by atoms with E-state index < -0.39 is 0 Å². The van der Waals surface area contributed by atoms with Gasteiger partial charge in [0.1, 0.15) is 0 Å². The zero-order chi connectivity index (χ0) is 19.3. The normalized spacial score (nSPS) is 10.8. The van der Waals surface area contributed by atoms with Crippen LogP contribution in [0.2, 0.25) is 5.02 Å². The number of amides is 1.